The van der Waals surface area contributed by atoms with E-state index in [4.69, 9.17) is 4.74 Å². The van der Waals surface area contributed by atoms with E-state index in [-0.39, 0.29) is 5.75 Å². The molecule has 2 rings (SSSR count). The largest absolute Gasteiger partial charge is 0.504 e. The molecule has 0 bridgehead atoms. The van der Waals surface area contributed by atoms with Gasteiger partial charge in [0.05, 0.1) is 19.9 Å². The summed E-state index contributed by atoms with van der Waals surface area (Å²) in [7, 11) is 1.63. The van der Waals surface area contributed by atoms with Gasteiger partial charge in [-0.05, 0) is 33.6 Å². The molecule has 5 heteroatoms. The van der Waals surface area contributed by atoms with Crippen LogP contribution in [0, 0.1) is 0 Å². The molecule has 1 heterocycles. The van der Waals surface area contributed by atoms with Gasteiger partial charge in [0.25, 0.3) is 0 Å². The predicted octanol–water partition coefficient (Wildman–Crippen LogP) is 2.41. The summed E-state index contributed by atoms with van der Waals surface area (Å²) in [6.07, 6.45) is 1.41. The molecule has 1 aromatic heterocycles. The van der Waals surface area contributed by atoms with Gasteiger partial charge in [-0.15, -0.1) is 0 Å². The summed E-state index contributed by atoms with van der Waals surface area (Å²) >= 11 is 3.26. The molecule has 0 aliphatic carbocycles. The molecule has 2 aromatic rings. The van der Waals surface area contributed by atoms with Gasteiger partial charge in [0.15, 0.2) is 5.75 Å². The normalized spacial score (nSPS) is 10.4. The molecule has 16 heavy (non-hydrogen) atoms. The van der Waals surface area contributed by atoms with Crippen LogP contribution >= 0.6 is 15.9 Å². The van der Waals surface area contributed by atoms with Crippen LogP contribution in [-0.4, -0.2) is 22.0 Å². The number of hydrogen-bond donors (Lipinski definition) is 1. The van der Waals surface area contributed by atoms with E-state index in [0.717, 1.165) is 11.3 Å². The van der Waals surface area contributed by atoms with Crippen LogP contribution in [0.1, 0.15) is 5.56 Å². The van der Waals surface area contributed by atoms with Crippen molar-refractivity contribution >= 4 is 15.9 Å². The quantitative estimate of drug-likeness (QED) is 0.941. The van der Waals surface area contributed by atoms with Crippen molar-refractivity contribution < 1.29 is 9.84 Å². The maximum atomic E-state index is 9.36. The SMILES string of the molecule is COc1cccc(Cn2ncc(O)c2Br)c1. The number of nitrogens with zero attached hydrogens (tertiary/aromatic N) is 2. The van der Waals surface area contributed by atoms with Crippen LogP contribution in [0.15, 0.2) is 35.1 Å². The van der Waals surface area contributed by atoms with E-state index in [1.165, 1.54) is 6.20 Å². The third-order valence-corrected chi connectivity index (χ3v) is 3.04. The van der Waals surface area contributed by atoms with Crippen molar-refractivity contribution in [2.45, 2.75) is 6.54 Å². The lowest BCUT2D eigenvalue weighted by Gasteiger charge is -2.05. The van der Waals surface area contributed by atoms with Gasteiger partial charge in [-0.2, -0.15) is 5.10 Å². The molecule has 4 nitrogen and oxygen atoms in total. The Bertz CT molecular complexity index is 496. The Morgan fingerprint density at radius 2 is 2.31 bits per heavy atom. The number of aromatic hydroxyl groups is 1. The van der Waals surface area contributed by atoms with Gasteiger partial charge < -0.3 is 9.84 Å². The van der Waals surface area contributed by atoms with Crippen molar-refractivity contribution in [3.8, 4) is 11.5 Å². The summed E-state index contributed by atoms with van der Waals surface area (Å²) in [5.41, 5.74) is 1.06. The van der Waals surface area contributed by atoms with Gasteiger partial charge in [-0.1, -0.05) is 12.1 Å². The Kier molecular flexibility index (Phi) is 3.14. The lowest BCUT2D eigenvalue weighted by Crippen LogP contribution is -2.01. The highest BCUT2D eigenvalue weighted by Crippen LogP contribution is 2.23. The molecule has 0 spiro atoms. The lowest BCUT2D eigenvalue weighted by atomic mass is 10.2. The van der Waals surface area contributed by atoms with Crippen molar-refractivity contribution in [1.29, 1.82) is 0 Å². The molecule has 1 N–H and O–H groups in total. The molecule has 1 aromatic carbocycles. The van der Waals surface area contributed by atoms with Crippen molar-refractivity contribution in [2.24, 2.45) is 0 Å². The third kappa shape index (κ3) is 2.19. The predicted molar refractivity (Wildman–Crippen MR) is 63.7 cm³/mol. The van der Waals surface area contributed by atoms with Gasteiger partial charge in [-0.25, -0.2) is 0 Å². The molecule has 0 radical (unpaired) electrons. The Morgan fingerprint density at radius 3 is 2.94 bits per heavy atom. The molecule has 0 saturated heterocycles. The molecular formula is C11H11BrN2O2. The molecule has 0 saturated carbocycles. The minimum Gasteiger partial charge on any atom is -0.504 e. The van der Waals surface area contributed by atoms with Crippen molar-refractivity contribution in [3.63, 3.8) is 0 Å². The van der Waals surface area contributed by atoms with Crippen molar-refractivity contribution in [1.82, 2.24) is 9.78 Å². The molecule has 0 unspecified atom stereocenters. The Labute approximate surface area is 102 Å². The van der Waals surface area contributed by atoms with E-state index in [2.05, 4.69) is 21.0 Å². The second-order valence-electron chi connectivity index (χ2n) is 3.33. The zero-order valence-electron chi connectivity index (χ0n) is 8.72. The number of methoxy groups -OCH3 is 1. The second-order valence-corrected chi connectivity index (χ2v) is 4.08. The fourth-order valence-corrected chi connectivity index (χ4v) is 1.73. The molecular weight excluding hydrogens is 272 g/mol. The van der Waals surface area contributed by atoms with Crippen LogP contribution in [0.25, 0.3) is 0 Å². The summed E-state index contributed by atoms with van der Waals surface area (Å²) in [6, 6.07) is 7.73. The highest BCUT2D eigenvalue weighted by molar-refractivity contribution is 9.10. The smallest absolute Gasteiger partial charge is 0.168 e. The molecule has 84 valence electrons. The Hall–Kier alpha value is -1.49. The fourth-order valence-electron chi connectivity index (χ4n) is 1.41. The fraction of sp³-hybridized carbons (Fsp3) is 0.182. The molecule has 0 fully saturated rings. The summed E-state index contributed by atoms with van der Waals surface area (Å²) in [4.78, 5) is 0. The molecule has 0 amide bonds. The summed E-state index contributed by atoms with van der Waals surface area (Å²) < 4.78 is 7.39. The van der Waals surface area contributed by atoms with Crippen LogP contribution in [0.3, 0.4) is 0 Å². The first-order valence-corrected chi connectivity index (χ1v) is 5.53. The highest BCUT2D eigenvalue weighted by atomic mass is 79.9. The van der Waals surface area contributed by atoms with E-state index in [1.807, 2.05) is 24.3 Å². The van der Waals surface area contributed by atoms with Gasteiger partial charge in [0, 0.05) is 0 Å². The number of aromatic nitrogens is 2. The number of halogens is 1. The maximum Gasteiger partial charge on any atom is 0.168 e. The van der Waals surface area contributed by atoms with Gasteiger partial charge in [0.1, 0.15) is 10.4 Å². The minimum atomic E-state index is 0.142. The van der Waals surface area contributed by atoms with E-state index in [1.54, 1.807) is 11.8 Å². The van der Waals surface area contributed by atoms with Crippen LogP contribution in [0.5, 0.6) is 11.5 Å². The average Bonchev–Trinajstić information content (AvgIpc) is 2.61. The maximum absolute atomic E-state index is 9.36. The van der Waals surface area contributed by atoms with E-state index >= 15 is 0 Å². The first-order chi connectivity index (χ1) is 7.70. The Morgan fingerprint density at radius 1 is 1.50 bits per heavy atom. The zero-order chi connectivity index (χ0) is 11.5. The molecule has 0 atom stereocenters. The minimum absolute atomic E-state index is 0.142. The number of hydrogen-bond acceptors (Lipinski definition) is 3. The average molecular weight is 283 g/mol. The molecule has 0 aliphatic rings. The first-order valence-electron chi connectivity index (χ1n) is 4.74. The molecule has 0 aliphatic heterocycles. The van der Waals surface area contributed by atoms with Crippen LogP contribution in [0.2, 0.25) is 0 Å². The van der Waals surface area contributed by atoms with E-state index in [0.29, 0.717) is 11.1 Å². The highest BCUT2D eigenvalue weighted by Gasteiger charge is 2.06. The number of rotatable bonds is 3. The topological polar surface area (TPSA) is 47.3 Å². The Balaban J connectivity index is 2.23. The van der Waals surface area contributed by atoms with Crippen molar-refractivity contribution in [2.75, 3.05) is 7.11 Å². The van der Waals surface area contributed by atoms with E-state index < -0.39 is 0 Å². The lowest BCUT2D eigenvalue weighted by molar-refractivity contribution is 0.414. The first kappa shape index (κ1) is 11.0. The zero-order valence-corrected chi connectivity index (χ0v) is 10.3. The number of benzene rings is 1. The van der Waals surface area contributed by atoms with Crippen LogP contribution in [-0.2, 0) is 6.54 Å². The summed E-state index contributed by atoms with van der Waals surface area (Å²) in [6.45, 7) is 0.582. The van der Waals surface area contributed by atoms with Crippen LogP contribution < -0.4 is 4.74 Å². The monoisotopic (exact) mass is 282 g/mol. The summed E-state index contributed by atoms with van der Waals surface area (Å²) in [5, 5.41) is 13.4. The summed E-state index contributed by atoms with van der Waals surface area (Å²) in [5.74, 6) is 0.952. The van der Waals surface area contributed by atoms with Gasteiger partial charge >= 0.3 is 0 Å². The third-order valence-electron chi connectivity index (χ3n) is 2.22. The van der Waals surface area contributed by atoms with Gasteiger partial charge in [-0.3, -0.25) is 4.68 Å². The van der Waals surface area contributed by atoms with Crippen LogP contribution in [0.4, 0.5) is 0 Å². The van der Waals surface area contributed by atoms with Gasteiger partial charge in [0.2, 0.25) is 0 Å². The standard InChI is InChI=1S/C11H11BrN2O2/c1-16-9-4-2-3-8(5-9)7-14-11(12)10(15)6-13-14/h2-6,15H,7H2,1H3. The van der Waals surface area contributed by atoms with Crippen molar-refractivity contribution in [3.05, 3.63) is 40.6 Å². The van der Waals surface area contributed by atoms with E-state index in [9.17, 15) is 5.11 Å². The second kappa shape index (κ2) is 4.57. The number of ether oxygens (including phenoxy) is 1.